The van der Waals surface area contributed by atoms with E-state index in [2.05, 4.69) is 0 Å². The molecule has 11 nitrogen and oxygen atoms in total. The maximum absolute atomic E-state index is 11.9. The largest absolute Gasteiger partial charge is 0.469 e. The fourth-order valence-electron chi connectivity index (χ4n) is 6.72. The number of hydrogen-bond donors (Lipinski definition) is 1. The van der Waals surface area contributed by atoms with Crippen LogP contribution < -0.4 is 0 Å². The smallest absolute Gasteiger partial charge is 0.311 e. The average Bonchev–Trinajstić information content (AvgIpc) is 3.47. The van der Waals surface area contributed by atoms with Crippen molar-refractivity contribution in [3.05, 3.63) is 0 Å². The molecule has 4 saturated heterocycles. The molecular formula is C27H48O11. The van der Waals surface area contributed by atoms with Crippen molar-refractivity contribution in [3.8, 4) is 0 Å². The first kappa shape index (κ1) is 31.6. The number of hydrogen-bond acceptors (Lipinski definition) is 11. The van der Waals surface area contributed by atoms with Gasteiger partial charge in [-0.3, -0.25) is 4.79 Å². The lowest BCUT2D eigenvalue weighted by Crippen LogP contribution is -2.59. The second-order valence-corrected chi connectivity index (χ2v) is 11.4. The van der Waals surface area contributed by atoms with E-state index in [9.17, 15) is 9.90 Å². The van der Waals surface area contributed by atoms with E-state index in [1.165, 1.54) is 7.11 Å². The fourth-order valence-corrected chi connectivity index (χ4v) is 6.72. The third-order valence-corrected chi connectivity index (χ3v) is 8.59. The first-order valence-electron chi connectivity index (χ1n) is 12.8. The summed E-state index contributed by atoms with van der Waals surface area (Å²) in [5, 5.41) is 9.40. The Morgan fingerprint density at radius 3 is 1.61 bits per heavy atom. The molecule has 2 spiro atoms. The highest BCUT2D eigenvalue weighted by Crippen LogP contribution is 2.57. The summed E-state index contributed by atoms with van der Waals surface area (Å²) < 4.78 is 51.0. The molecule has 0 aromatic heterocycles. The Bertz CT molecular complexity index is 847. The topological polar surface area (TPSA) is 120 Å². The Hall–Kier alpha value is -0.890. The summed E-state index contributed by atoms with van der Waals surface area (Å²) in [6.45, 7) is 7.65. The number of methoxy groups -OCH3 is 3. The molecule has 0 amide bonds. The van der Waals surface area contributed by atoms with Crippen molar-refractivity contribution in [3.63, 3.8) is 0 Å². The Morgan fingerprint density at radius 1 is 0.763 bits per heavy atom. The maximum Gasteiger partial charge on any atom is 0.311 e. The fraction of sp³-hybridized carbons (Fsp3) is 0.963. The lowest BCUT2D eigenvalue weighted by molar-refractivity contribution is -0.282. The van der Waals surface area contributed by atoms with Gasteiger partial charge < -0.3 is 47.7 Å². The summed E-state index contributed by atoms with van der Waals surface area (Å²) in [6, 6.07) is 0. The molecule has 4 aliphatic heterocycles. The highest BCUT2D eigenvalue weighted by Gasteiger charge is 2.71. The van der Waals surface area contributed by atoms with Gasteiger partial charge in [0.1, 0.15) is 35.6 Å². The molecule has 10 atom stereocenters. The van der Waals surface area contributed by atoms with Gasteiger partial charge in [-0.25, -0.2) is 0 Å². The van der Waals surface area contributed by atoms with Crippen molar-refractivity contribution in [1.29, 1.82) is 0 Å². The van der Waals surface area contributed by atoms with Crippen LogP contribution in [0.3, 0.4) is 0 Å². The van der Waals surface area contributed by atoms with Crippen LogP contribution in [0.25, 0.3) is 0 Å². The number of fused-ring (bicyclic) bond motifs is 4. The van der Waals surface area contributed by atoms with Crippen LogP contribution in [0.4, 0.5) is 0 Å². The van der Waals surface area contributed by atoms with Gasteiger partial charge in [0.2, 0.25) is 0 Å². The zero-order valence-electron chi connectivity index (χ0n) is 22.2. The van der Waals surface area contributed by atoms with E-state index < -0.39 is 35.4 Å². The average molecular weight is 549 g/mol. The second-order valence-electron chi connectivity index (χ2n) is 11.4. The van der Waals surface area contributed by atoms with Crippen molar-refractivity contribution in [2.24, 2.45) is 11.8 Å². The Morgan fingerprint density at radius 2 is 1.24 bits per heavy atom. The third-order valence-electron chi connectivity index (χ3n) is 8.59. The highest BCUT2D eigenvalue weighted by molar-refractivity contribution is 5.75. The Balaban J connectivity index is 0.000000201. The highest BCUT2D eigenvalue weighted by atomic mass is 16.8. The molecular weight excluding hydrogens is 500 g/mol. The number of aliphatic hydroxyl groups is 1. The van der Waals surface area contributed by atoms with Crippen LogP contribution in [0.2, 0.25) is 0 Å². The molecule has 6 fully saturated rings. The van der Waals surface area contributed by atoms with Crippen molar-refractivity contribution in [1.82, 2.24) is 0 Å². The minimum absolute atomic E-state index is 0. The van der Waals surface area contributed by atoms with Crippen LogP contribution in [0, 0.1) is 11.8 Å². The van der Waals surface area contributed by atoms with Gasteiger partial charge in [-0.2, -0.15) is 0 Å². The zero-order valence-corrected chi connectivity index (χ0v) is 22.2. The molecule has 0 aromatic rings. The maximum atomic E-state index is 11.9. The van der Waals surface area contributed by atoms with E-state index in [1.807, 2.05) is 27.7 Å². The quantitative estimate of drug-likeness (QED) is 0.522. The third kappa shape index (κ3) is 4.71. The van der Waals surface area contributed by atoms with Crippen LogP contribution in [0.15, 0.2) is 0 Å². The lowest BCUT2D eigenvalue weighted by atomic mass is 9.66. The molecule has 4 heterocycles. The lowest BCUT2D eigenvalue weighted by Gasteiger charge is -2.48. The van der Waals surface area contributed by atoms with E-state index in [0.717, 1.165) is 25.7 Å². The molecule has 2 unspecified atom stereocenters. The first-order chi connectivity index (χ1) is 17.0. The van der Waals surface area contributed by atoms with Crippen molar-refractivity contribution in [2.75, 3.05) is 27.9 Å². The van der Waals surface area contributed by atoms with Gasteiger partial charge in [-0.1, -0.05) is 14.9 Å². The molecule has 1 N–H and O–H groups in total. The molecule has 38 heavy (non-hydrogen) atoms. The van der Waals surface area contributed by atoms with Gasteiger partial charge in [0.15, 0.2) is 24.2 Å². The molecule has 222 valence electrons. The number of ether oxygens (including phenoxy) is 9. The number of esters is 1. The Kier molecular flexibility index (Phi) is 9.02. The van der Waals surface area contributed by atoms with E-state index >= 15 is 0 Å². The van der Waals surface area contributed by atoms with Crippen molar-refractivity contribution < 1.29 is 52.5 Å². The van der Waals surface area contributed by atoms with Gasteiger partial charge >= 0.3 is 5.97 Å². The molecule has 6 rings (SSSR count). The van der Waals surface area contributed by atoms with Gasteiger partial charge in [0, 0.05) is 26.7 Å². The van der Waals surface area contributed by atoms with Crippen molar-refractivity contribution in [2.45, 2.75) is 128 Å². The Labute approximate surface area is 226 Å². The minimum atomic E-state index is -0.681. The summed E-state index contributed by atoms with van der Waals surface area (Å²) >= 11 is 0. The predicted molar refractivity (Wildman–Crippen MR) is 135 cm³/mol. The van der Waals surface area contributed by atoms with E-state index in [4.69, 9.17) is 42.6 Å². The van der Waals surface area contributed by atoms with Crippen LogP contribution >= 0.6 is 0 Å². The number of carbonyl (C=O) groups is 1. The standard InChI is InChI=1S/C13H20O6.C12H20O5.2CH4/c1-12(2)17-8-9(18-12)13(19-11(8)16-4)6-5-7(13)10(14)15-3;1-11(2)15-8-9(16-11)12(17-10(8)14-3)5-4-7(12)6-13;;/h7-9,11H,5-6H2,1-4H3;7-10,13H,4-6H2,1-3H3;2*1H4/t7-,8?,9+,11+,13+;7-,8?,9+,10+,12+;;/m00../s1. The van der Waals surface area contributed by atoms with Gasteiger partial charge in [0.25, 0.3) is 0 Å². The van der Waals surface area contributed by atoms with Crippen molar-refractivity contribution >= 4 is 5.97 Å². The monoisotopic (exact) mass is 548 g/mol. The summed E-state index contributed by atoms with van der Waals surface area (Å²) in [5.74, 6) is -1.71. The summed E-state index contributed by atoms with van der Waals surface area (Å²) in [5.41, 5.74) is -1.07. The summed E-state index contributed by atoms with van der Waals surface area (Å²) in [7, 11) is 4.58. The minimum Gasteiger partial charge on any atom is -0.469 e. The first-order valence-corrected chi connectivity index (χ1v) is 12.8. The zero-order chi connectivity index (χ0) is 26.1. The molecule has 2 saturated carbocycles. The number of carbonyl (C=O) groups excluding carboxylic acids is 1. The molecule has 6 aliphatic rings. The molecule has 0 aromatic carbocycles. The van der Waals surface area contributed by atoms with Crippen LogP contribution in [0.1, 0.15) is 68.2 Å². The van der Waals surface area contributed by atoms with Gasteiger partial charge in [-0.05, 0) is 53.4 Å². The molecule has 11 heteroatoms. The van der Waals surface area contributed by atoms with E-state index in [-0.39, 0.29) is 63.7 Å². The molecule has 0 bridgehead atoms. The van der Waals surface area contributed by atoms with Crippen LogP contribution in [-0.4, -0.2) is 98.8 Å². The summed E-state index contributed by atoms with van der Waals surface area (Å²) in [6.07, 6.45) is 1.58. The van der Waals surface area contributed by atoms with E-state index in [1.54, 1.807) is 14.2 Å². The molecule has 0 radical (unpaired) electrons. The number of rotatable bonds is 4. The summed E-state index contributed by atoms with van der Waals surface area (Å²) in [4.78, 5) is 11.9. The number of aliphatic hydroxyl groups excluding tert-OH is 1. The predicted octanol–water partition coefficient (Wildman–Crippen LogP) is 2.75. The van der Waals surface area contributed by atoms with Gasteiger partial charge in [-0.15, -0.1) is 0 Å². The van der Waals surface area contributed by atoms with Gasteiger partial charge in [0.05, 0.1) is 13.0 Å². The van der Waals surface area contributed by atoms with E-state index in [0.29, 0.717) is 0 Å². The van der Waals surface area contributed by atoms with Crippen LogP contribution in [0.5, 0.6) is 0 Å². The SMILES string of the molecule is C.C.COC(=O)[C@@H]1CC[C@@]12O[C@@H](OC)C1OC(C)(C)O[C@H]12.CO[C@@H]1O[C@@]2(CC[C@H]2CO)[C@@H]2OC(C)(C)OC12. The second kappa shape index (κ2) is 10.8. The normalized spacial score (nSPS) is 46.5. The molecule has 2 aliphatic carbocycles. The van der Waals surface area contributed by atoms with Crippen LogP contribution in [-0.2, 0) is 47.4 Å².